The molecule has 112 valence electrons. The lowest BCUT2D eigenvalue weighted by Crippen LogP contribution is -2.42. The standard InChI is InChI=1S/C16H25FN2O/c1-12(2)18-11-13-10-14(17)6-7-16(13)19(8-9-20)15-4-3-5-15/h6-7,10,12,15,18,20H,3-5,8-9,11H2,1-2H3. The number of hydrogen-bond donors (Lipinski definition) is 2. The minimum atomic E-state index is -0.202. The number of halogens is 1. The van der Waals surface area contributed by atoms with Crippen LogP contribution in [0, 0.1) is 5.82 Å². The van der Waals surface area contributed by atoms with E-state index in [0.717, 1.165) is 24.1 Å². The largest absolute Gasteiger partial charge is 0.395 e. The molecular formula is C16H25FN2O. The number of aliphatic hydroxyl groups excluding tert-OH is 1. The van der Waals surface area contributed by atoms with Crippen LogP contribution in [0.2, 0.25) is 0 Å². The number of benzene rings is 1. The molecular weight excluding hydrogens is 255 g/mol. The summed E-state index contributed by atoms with van der Waals surface area (Å²) in [6, 6.07) is 5.82. The van der Waals surface area contributed by atoms with Crippen LogP contribution in [-0.4, -0.2) is 30.3 Å². The van der Waals surface area contributed by atoms with Gasteiger partial charge in [0.15, 0.2) is 0 Å². The zero-order valence-corrected chi connectivity index (χ0v) is 12.4. The molecule has 0 saturated heterocycles. The SMILES string of the molecule is CC(C)NCc1cc(F)ccc1N(CCO)C1CCC1. The molecule has 1 fully saturated rings. The number of nitrogens with zero attached hydrogens (tertiary/aromatic N) is 1. The van der Waals surface area contributed by atoms with E-state index in [9.17, 15) is 9.50 Å². The molecule has 1 aromatic carbocycles. The van der Waals surface area contributed by atoms with Gasteiger partial charge in [0, 0.05) is 30.9 Å². The van der Waals surface area contributed by atoms with Crippen molar-refractivity contribution in [3.63, 3.8) is 0 Å². The van der Waals surface area contributed by atoms with Crippen LogP contribution in [0.3, 0.4) is 0 Å². The van der Waals surface area contributed by atoms with Crippen LogP contribution in [0.1, 0.15) is 38.7 Å². The first-order chi connectivity index (χ1) is 9.61. The predicted octanol–water partition coefficient (Wildman–Crippen LogP) is 2.67. The summed E-state index contributed by atoms with van der Waals surface area (Å²) in [5.41, 5.74) is 2.03. The molecule has 1 aliphatic carbocycles. The maximum Gasteiger partial charge on any atom is 0.123 e. The van der Waals surface area contributed by atoms with Crippen molar-refractivity contribution in [2.45, 2.75) is 51.7 Å². The van der Waals surface area contributed by atoms with Gasteiger partial charge in [0.05, 0.1) is 6.61 Å². The van der Waals surface area contributed by atoms with Crippen molar-refractivity contribution in [3.05, 3.63) is 29.6 Å². The Morgan fingerprint density at radius 3 is 2.70 bits per heavy atom. The molecule has 1 aromatic rings. The fourth-order valence-corrected chi connectivity index (χ4v) is 2.60. The Balaban J connectivity index is 2.22. The van der Waals surface area contributed by atoms with Gasteiger partial charge in [-0.05, 0) is 43.0 Å². The van der Waals surface area contributed by atoms with Gasteiger partial charge in [-0.2, -0.15) is 0 Å². The van der Waals surface area contributed by atoms with E-state index in [4.69, 9.17) is 0 Å². The van der Waals surface area contributed by atoms with Gasteiger partial charge in [0.25, 0.3) is 0 Å². The average Bonchev–Trinajstić information content (AvgIpc) is 2.34. The Kier molecular flexibility index (Phi) is 5.38. The predicted molar refractivity (Wildman–Crippen MR) is 80.4 cm³/mol. The monoisotopic (exact) mass is 280 g/mol. The van der Waals surface area contributed by atoms with Gasteiger partial charge in [-0.25, -0.2) is 4.39 Å². The smallest absolute Gasteiger partial charge is 0.123 e. The van der Waals surface area contributed by atoms with Crippen molar-refractivity contribution >= 4 is 5.69 Å². The average molecular weight is 280 g/mol. The zero-order valence-electron chi connectivity index (χ0n) is 12.4. The number of hydrogen-bond acceptors (Lipinski definition) is 3. The lowest BCUT2D eigenvalue weighted by molar-refractivity contribution is 0.283. The molecule has 0 amide bonds. The molecule has 4 heteroatoms. The van der Waals surface area contributed by atoms with Gasteiger partial charge < -0.3 is 15.3 Å². The van der Waals surface area contributed by atoms with Gasteiger partial charge in [0.1, 0.15) is 5.82 Å². The lowest BCUT2D eigenvalue weighted by Gasteiger charge is -2.40. The van der Waals surface area contributed by atoms with Gasteiger partial charge in [-0.1, -0.05) is 13.8 Å². The van der Waals surface area contributed by atoms with Crippen LogP contribution >= 0.6 is 0 Å². The molecule has 0 spiro atoms. The van der Waals surface area contributed by atoms with E-state index in [1.54, 1.807) is 6.07 Å². The van der Waals surface area contributed by atoms with Gasteiger partial charge in [0.2, 0.25) is 0 Å². The fourth-order valence-electron chi connectivity index (χ4n) is 2.60. The van der Waals surface area contributed by atoms with Crippen LogP contribution in [-0.2, 0) is 6.54 Å². The minimum absolute atomic E-state index is 0.130. The number of rotatable bonds is 7. The summed E-state index contributed by atoms with van der Waals surface area (Å²) >= 11 is 0. The molecule has 0 bridgehead atoms. The summed E-state index contributed by atoms with van der Waals surface area (Å²) in [6.45, 7) is 5.56. The van der Waals surface area contributed by atoms with Crippen molar-refractivity contribution < 1.29 is 9.50 Å². The molecule has 0 aliphatic heterocycles. The molecule has 2 N–H and O–H groups in total. The summed E-state index contributed by atoms with van der Waals surface area (Å²) in [7, 11) is 0. The highest BCUT2D eigenvalue weighted by atomic mass is 19.1. The van der Waals surface area contributed by atoms with E-state index in [2.05, 4.69) is 24.1 Å². The molecule has 0 aromatic heterocycles. The second-order valence-electron chi connectivity index (χ2n) is 5.81. The molecule has 2 rings (SSSR count). The highest BCUT2D eigenvalue weighted by Crippen LogP contribution is 2.31. The Hall–Kier alpha value is -1.13. The molecule has 0 radical (unpaired) electrons. The van der Waals surface area contributed by atoms with Gasteiger partial charge >= 0.3 is 0 Å². The van der Waals surface area contributed by atoms with Crippen LogP contribution in [0.4, 0.5) is 10.1 Å². The normalized spacial score (nSPS) is 15.4. The number of aliphatic hydroxyl groups is 1. The second kappa shape index (κ2) is 7.04. The maximum absolute atomic E-state index is 13.5. The summed E-state index contributed by atoms with van der Waals surface area (Å²) in [5, 5.41) is 12.6. The van der Waals surface area contributed by atoms with Crippen LogP contribution in [0.15, 0.2) is 18.2 Å². The van der Waals surface area contributed by atoms with Crippen molar-refractivity contribution in [2.24, 2.45) is 0 Å². The van der Waals surface area contributed by atoms with Crippen molar-refractivity contribution in [1.82, 2.24) is 5.32 Å². The molecule has 0 heterocycles. The van der Waals surface area contributed by atoms with Crippen LogP contribution in [0.5, 0.6) is 0 Å². The summed E-state index contributed by atoms with van der Waals surface area (Å²) in [5.74, 6) is -0.202. The summed E-state index contributed by atoms with van der Waals surface area (Å²) < 4.78 is 13.5. The fraction of sp³-hybridized carbons (Fsp3) is 0.625. The van der Waals surface area contributed by atoms with Crippen molar-refractivity contribution in [2.75, 3.05) is 18.1 Å². The molecule has 1 saturated carbocycles. The lowest BCUT2D eigenvalue weighted by atomic mass is 9.90. The third-order valence-corrected chi connectivity index (χ3v) is 3.91. The van der Waals surface area contributed by atoms with E-state index in [1.807, 2.05) is 6.07 Å². The van der Waals surface area contributed by atoms with E-state index >= 15 is 0 Å². The van der Waals surface area contributed by atoms with Gasteiger partial charge in [-0.15, -0.1) is 0 Å². The van der Waals surface area contributed by atoms with Crippen molar-refractivity contribution in [1.29, 1.82) is 0 Å². The Bertz CT molecular complexity index is 432. The van der Waals surface area contributed by atoms with E-state index in [-0.39, 0.29) is 12.4 Å². The van der Waals surface area contributed by atoms with Crippen molar-refractivity contribution in [3.8, 4) is 0 Å². The zero-order chi connectivity index (χ0) is 14.5. The highest BCUT2D eigenvalue weighted by molar-refractivity contribution is 5.55. The second-order valence-corrected chi connectivity index (χ2v) is 5.81. The molecule has 3 nitrogen and oxygen atoms in total. The third kappa shape index (κ3) is 3.70. The highest BCUT2D eigenvalue weighted by Gasteiger charge is 2.26. The summed E-state index contributed by atoms with van der Waals surface area (Å²) in [4.78, 5) is 2.24. The Labute approximate surface area is 120 Å². The minimum Gasteiger partial charge on any atom is -0.395 e. The van der Waals surface area contributed by atoms with Gasteiger partial charge in [-0.3, -0.25) is 0 Å². The quantitative estimate of drug-likeness (QED) is 0.806. The first-order valence-corrected chi connectivity index (χ1v) is 7.51. The summed E-state index contributed by atoms with van der Waals surface area (Å²) in [6.07, 6.45) is 3.57. The van der Waals surface area contributed by atoms with Crippen LogP contribution in [0.25, 0.3) is 0 Å². The van der Waals surface area contributed by atoms with E-state index in [0.29, 0.717) is 25.2 Å². The Morgan fingerprint density at radius 1 is 1.40 bits per heavy atom. The molecule has 0 atom stereocenters. The third-order valence-electron chi connectivity index (χ3n) is 3.91. The van der Waals surface area contributed by atoms with E-state index in [1.165, 1.54) is 12.5 Å². The molecule has 0 unspecified atom stereocenters. The number of nitrogens with one attached hydrogen (secondary N) is 1. The van der Waals surface area contributed by atoms with E-state index < -0.39 is 0 Å². The first-order valence-electron chi connectivity index (χ1n) is 7.51. The maximum atomic E-state index is 13.5. The number of anilines is 1. The Morgan fingerprint density at radius 2 is 2.15 bits per heavy atom. The first kappa shape index (κ1) is 15.3. The molecule has 20 heavy (non-hydrogen) atoms. The topological polar surface area (TPSA) is 35.5 Å². The van der Waals surface area contributed by atoms with Crippen LogP contribution < -0.4 is 10.2 Å². The molecule has 1 aliphatic rings.